The summed E-state index contributed by atoms with van der Waals surface area (Å²) in [5.74, 6) is 0. The molecule has 0 spiro atoms. The van der Waals surface area contributed by atoms with E-state index in [2.05, 4.69) is 31.0 Å². The quantitative estimate of drug-likeness (QED) is 0.725. The summed E-state index contributed by atoms with van der Waals surface area (Å²) in [6.45, 7) is 12.0. The lowest BCUT2D eigenvalue weighted by atomic mass is 10.1. The first kappa shape index (κ1) is 12.9. The van der Waals surface area contributed by atoms with Crippen molar-refractivity contribution in [1.29, 1.82) is 0 Å². The summed E-state index contributed by atoms with van der Waals surface area (Å²) in [5.41, 5.74) is 0. The second kappa shape index (κ2) is 7.20. The van der Waals surface area contributed by atoms with Gasteiger partial charge < -0.3 is 15.0 Å². The Hall–Kier alpha value is -0.120. The first-order chi connectivity index (χ1) is 7.26. The van der Waals surface area contributed by atoms with Gasteiger partial charge in [-0.25, -0.2) is 0 Å². The van der Waals surface area contributed by atoms with Crippen LogP contribution in [0.3, 0.4) is 0 Å². The molecule has 1 aliphatic rings. The molecule has 1 N–H and O–H groups in total. The molecule has 2 unspecified atom stereocenters. The zero-order valence-corrected chi connectivity index (χ0v) is 10.5. The molecule has 3 nitrogen and oxygen atoms in total. The van der Waals surface area contributed by atoms with Crippen LogP contribution >= 0.6 is 0 Å². The Kier molecular flexibility index (Phi) is 6.22. The topological polar surface area (TPSA) is 24.5 Å². The largest absolute Gasteiger partial charge is 0.380 e. The lowest BCUT2D eigenvalue weighted by Crippen LogP contribution is -2.46. The van der Waals surface area contributed by atoms with Crippen molar-refractivity contribution in [3.8, 4) is 0 Å². The highest BCUT2D eigenvalue weighted by molar-refractivity contribution is 4.75. The third-order valence-electron chi connectivity index (χ3n) is 3.11. The number of likely N-dealkylation sites (N-methyl/N-ethyl adjacent to an activating group) is 1. The Balaban J connectivity index is 2.18. The van der Waals surface area contributed by atoms with Gasteiger partial charge in [0.05, 0.1) is 6.61 Å². The SMILES string of the molecule is CCN(CC)CC(C)NC1CCCOC1. The van der Waals surface area contributed by atoms with Gasteiger partial charge in [-0.1, -0.05) is 13.8 Å². The van der Waals surface area contributed by atoms with E-state index in [1.165, 1.54) is 12.8 Å². The van der Waals surface area contributed by atoms with Gasteiger partial charge >= 0.3 is 0 Å². The van der Waals surface area contributed by atoms with Gasteiger partial charge in [-0.05, 0) is 32.9 Å². The Bertz CT molecular complexity index is 154. The smallest absolute Gasteiger partial charge is 0.0619 e. The van der Waals surface area contributed by atoms with Crippen molar-refractivity contribution in [2.45, 2.75) is 45.7 Å². The molecule has 0 radical (unpaired) electrons. The van der Waals surface area contributed by atoms with Crippen LogP contribution in [0.5, 0.6) is 0 Å². The second-order valence-corrected chi connectivity index (χ2v) is 4.47. The van der Waals surface area contributed by atoms with Gasteiger partial charge in [0.2, 0.25) is 0 Å². The number of nitrogens with one attached hydrogen (secondary N) is 1. The van der Waals surface area contributed by atoms with Crippen LogP contribution < -0.4 is 5.32 Å². The van der Waals surface area contributed by atoms with E-state index in [4.69, 9.17) is 4.74 Å². The van der Waals surface area contributed by atoms with E-state index in [0.29, 0.717) is 12.1 Å². The second-order valence-electron chi connectivity index (χ2n) is 4.47. The lowest BCUT2D eigenvalue weighted by molar-refractivity contribution is 0.0651. The van der Waals surface area contributed by atoms with Crippen molar-refractivity contribution in [3.05, 3.63) is 0 Å². The summed E-state index contributed by atoms with van der Waals surface area (Å²) in [5, 5.41) is 3.65. The molecular formula is C12H26N2O. The van der Waals surface area contributed by atoms with Crippen LogP contribution in [0.25, 0.3) is 0 Å². The molecule has 1 fully saturated rings. The maximum absolute atomic E-state index is 5.46. The summed E-state index contributed by atoms with van der Waals surface area (Å²) in [6, 6.07) is 1.14. The number of nitrogens with zero attached hydrogens (tertiary/aromatic N) is 1. The van der Waals surface area contributed by atoms with Crippen molar-refractivity contribution in [3.63, 3.8) is 0 Å². The van der Waals surface area contributed by atoms with Gasteiger partial charge in [-0.2, -0.15) is 0 Å². The average Bonchev–Trinajstić information content (AvgIpc) is 2.27. The summed E-state index contributed by atoms with van der Waals surface area (Å²) in [7, 11) is 0. The summed E-state index contributed by atoms with van der Waals surface area (Å²) in [4.78, 5) is 2.46. The molecule has 2 atom stereocenters. The van der Waals surface area contributed by atoms with Crippen LogP contribution in [0.15, 0.2) is 0 Å². The zero-order chi connectivity index (χ0) is 11.1. The van der Waals surface area contributed by atoms with Gasteiger partial charge in [-0.15, -0.1) is 0 Å². The van der Waals surface area contributed by atoms with Crippen molar-refractivity contribution >= 4 is 0 Å². The molecule has 0 aromatic rings. The molecule has 0 aliphatic carbocycles. The van der Waals surface area contributed by atoms with E-state index in [0.717, 1.165) is 32.8 Å². The van der Waals surface area contributed by atoms with Gasteiger partial charge in [0.25, 0.3) is 0 Å². The molecule has 1 aliphatic heterocycles. The lowest BCUT2D eigenvalue weighted by Gasteiger charge is -2.29. The summed E-state index contributed by atoms with van der Waals surface area (Å²) in [6.07, 6.45) is 2.47. The van der Waals surface area contributed by atoms with Crippen LogP contribution in [0.1, 0.15) is 33.6 Å². The third-order valence-corrected chi connectivity index (χ3v) is 3.11. The van der Waals surface area contributed by atoms with Crippen molar-refractivity contribution in [2.75, 3.05) is 32.8 Å². The number of hydrogen-bond acceptors (Lipinski definition) is 3. The highest BCUT2D eigenvalue weighted by Gasteiger charge is 2.16. The fraction of sp³-hybridized carbons (Fsp3) is 1.00. The minimum Gasteiger partial charge on any atom is -0.380 e. The first-order valence-corrected chi connectivity index (χ1v) is 6.32. The van der Waals surface area contributed by atoms with Gasteiger partial charge in [-0.3, -0.25) is 0 Å². The molecule has 0 aromatic heterocycles. The van der Waals surface area contributed by atoms with E-state index in [-0.39, 0.29) is 0 Å². The predicted octanol–water partition coefficient (Wildman–Crippen LogP) is 1.49. The molecule has 1 rings (SSSR count). The van der Waals surface area contributed by atoms with Crippen LogP contribution in [0.4, 0.5) is 0 Å². The van der Waals surface area contributed by atoms with Gasteiger partial charge in [0.15, 0.2) is 0 Å². The maximum Gasteiger partial charge on any atom is 0.0619 e. The molecule has 1 saturated heterocycles. The number of hydrogen-bond donors (Lipinski definition) is 1. The van der Waals surface area contributed by atoms with Crippen molar-refractivity contribution in [2.24, 2.45) is 0 Å². The van der Waals surface area contributed by atoms with Crippen LogP contribution in [-0.4, -0.2) is 49.8 Å². The standard InChI is InChI=1S/C12H26N2O/c1-4-14(5-2)9-11(3)13-12-7-6-8-15-10-12/h11-13H,4-10H2,1-3H3. The molecular weight excluding hydrogens is 188 g/mol. The maximum atomic E-state index is 5.46. The fourth-order valence-electron chi connectivity index (χ4n) is 2.20. The van der Waals surface area contributed by atoms with Crippen molar-refractivity contribution < 1.29 is 4.74 Å². The third kappa shape index (κ3) is 4.96. The Morgan fingerprint density at radius 1 is 1.40 bits per heavy atom. The number of ether oxygens (including phenoxy) is 1. The van der Waals surface area contributed by atoms with E-state index in [1.54, 1.807) is 0 Å². The molecule has 0 saturated carbocycles. The summed E-state index contributed by atoms with van der Waals surface area (Å²) < 4.78 is 5.46. The Morgan fingerprint density at radius 3 is 2.67 bits per heavy atom. The normalized spacial score (nSPS) is 24.4. The van der Waals surface area contributed by atoms with E-state index < -0.39 is 0 Å². The number of rotatable bonds is 6. The molecule has 1 heterocycles. The molecule has 90 valence electrons. The monoisotopic (exact) mass is 214 g/mol. The zero-order valence-electron chi connectivity index (χ0n) is 10.5. The van der Waals surface area contributed by atoms with Gasteiger partial charge in [0.1, 0.15) is 0 Å². The minimum atomic E-state index is 0.566. The van der Waals surface area contributed by atoms with Crippen LogP contribution in [0.2, 0.25) is 0 Å². The molecule has 15 heavy (non-hydrogen) atoms. The van der Waals surface area contributed by atoms with Crippen molar-refractivity contribution in [1.82, 2.24) is 10.2 Å². The van der Waals surface area contributed by atoms with Gasteiger partial charge in [0, 0.05) is 25.2 Å². The van der Waals surface area contributed by atoms with Crippen LogP contribution in [0, 0.1) is 0 Å². The summed E-state index contributed by atoms with van der Waals surface area (Å²) >= 11 is 0. The highest BCUT2D eigenvalue weighted by Crippen LogP contribution is 2.06. The molecule has 3 heteroatoms. The molecule has 0 aromatic carbocycles. The Labute approximate surface area is 94.2 Å². The fourth-order valence-corrected chi connectivity index (χ4v) is 2.20. The predicted molar refractivity (Wildman–Crippen MR) is 64.2 cm³/mol. The van der Waals surface area contributed by atoms with E-state index >= 15 is 0 Å². The van der Waals surface area contributed by atoms with E-state index in [1.807, 2.05) is 0 Å². The molecule has 0 amide bonds. The molecule has 0 bridgehead atoms. The first-order valence-electron chi connectivity index (χ1n) is 6.32. The average molecular weight is 214 g/mol. The van der Waals surface area contributed by atoms with E-state index in [9.17, 15) is 0 Å². The highest BCUT2D eigenvalue weighted by atomic mass is 16.5. The Morgan fingerprint density at radius 2 is 2.13 bits per heavy atom. The van der Waals surface area contributed by atoms with Crippen LogP contribution in [-0.2, 0) is 4.74 Å². The minimum absolute atomic E-state index is 0.566.